The summed E-state index contributed by atoms with van der Waals surface area (Å²) in [5.41, 5.74) is 7.87. The van der Waals surface area contributed by atoms with Gasteiger partial charge in [-0.3, -0.25) is 4.90 Å². The number of anilines is 1. The van der Waals surface area contributed by atoms with Crippen LogP contribution < -0.4 is 11.1 Å². The minimum Gasteiger partial charge on any atom is -0.467 e. The van der Waals surface area contributed by atoms with Gasteiger partial charge in [-0.15, -0.1) is 0 Å². The predicted octanol–water partition coefficient (Wildman–Crippen LogP) is 3.39. The molecule has 11 nitrogen and oxygen atoms in total. The topological polar surface area (TPSA) is 141 Å². The molecule has 1 aromatic heterocycles. The molecule has 204 valence electrons. The number of aromatic nitrogens is 2. The van der Waals surface area contributed by atoms with Gasteiger partial charge in [0.1, 0.15) is 23.6 Å². The Morgan fingerprint density at radius 3 is 2.68 bits per heavy atom. The van der Waals surface area contributed by atoms with Gasteiger partial charge in [-0.1, -0.05) is 27.2 Å². The van der Waals surface area contributed by atoms with Crippen molar-refractivity contribution in [3.63, 3.8) is 0 Å². The van der Waals surface area contributed by atoms with E-state index in [1.165, 1.54) is 24.1 Å². The molecule has 0 spiro atoms. The van der Waals surface area contributed by atoms with Crippen LogP contribution in [0.5, 0.6) is 0 Å². The maximum Gasteiger partial charge on any atom is 0.411 e. The SMILES string of the molecule is COC(=O)[C@@H]1C[C@@H](O/N=C2\N[C@@H](c3ccc(F)cc3Br)Cc3nc(N)nc(C)c32)CN1C(=O)OC(C)(C)C. The Bertz CT molecular complexity index is 1280. The van der Waals surface area contributed by atoms with Crippen LogP contribution >= 0.6 is 15.9 Å². The molecular formula is C25H30BrFN6O5. The number of rotatable bonds is 4. The fourth-order valence-corrected chi connectivity index (χ4v) is 5.15. The second-order valence-corrected chi connectivity index (χ2v) is 11.0. The maximum absolute atomic E-state index is 13.7. The summed E-state index contributed by atoms with van der Waals surface area (Å²) in [6.45, 7) is 7.09. The number of nitrogens with two attached hydrogens (primary N) is 1. The smallest absolute Gasteiger partial charge is 0.411 e. The molecular weight excluding hydrogens is 563 g/mol. The van der Waals surface area contributed by atoms with Gasteiger partial charge in [0.15, 0.2) is 5.84 Å². The Hall–Kier alpha value is -3.48. The van der Waals surface area contributed by atoms with E-state index in [1.807, 2.05) is 0 Å². The van der Waals surface area contributed by atoms with E-state index in [0.29, 0.717) is 33.7 Å². The number of benzene rings is 1. The van der Waals surface area contributed by atoms with Gasteiger partial charge in [0.2, 0.25) is 5.95 Å². The second-order valence-electron chi connectivity index (χ2n) is 10.1. The summed E-state index contributed by atoms with van der Waals surface area (Å²) in [5.74, 6) is -0.454. The number of hydrogen-bond donors (Lipinski definition) is 2. The van der Waals surface area contributed by atoms with Crippen molar-refractivity contribution >= 4 is 39.8 Å². The summed E-state index contributed by atoms with van der Waals surface area (Å²) in [7, 11) is 1.26. The molecule has 1 aromatic carbocycles. The van der Waals surface area contributed by atoms with E-state index in [-0.39, 0.29) is 30.8 Å². The first-order chi connectivity index (χ1) is 17.9. The number of aryl methyl sites for hydroxylation is 1. The van der Waals surface area contributed by atoms with Crippen molar-refractivity contribution < 1.29 is 28.3 Å². The Morgan fingerprint density at radius 2 is 2.03 bits per heavy atom. The number of nitrogens with one attached hydrogen (secondary N) is 1. The minimum atomic E-state index is -0.876. The highest BCUT2D eigenvalue weighted by molar-refractivity contribution is 9.10. The lowest BCUT2D eigenvalue weighted by molar-refractivity contribution is -0.145. The number of halogens is 2. The highest BCUT2D eigenvalue weighted by Gasteiger charge is 2.43. The summed E-state index contributed by atoms with van der Waals surface area (Å²) >= 11 is 3.43. The number of ether oxygens (including phenoxy) is 2. The molecule has 1 amide bonds. The number of nitrogens with zero attached hydrogens (tertiary/aromatic N) is 4. The van der Waals surface area contributed by atoms with Crippen LogP contribution in [0.25, 0.3) is 0 Å². The number of hydrogen-bond acceptors (Lipinski definition) is 9. The fourth-order valence-electron chi connectivity index (χ4n) is 4.52. The molecule has 0 radical (unpaired) electrons. The molecule has 0 saturated carbocycles. The van der Waals surface area contributed by atoms with E-state index < -0.39 is 29.8 Å². The lowest BCUT2D eigenvalue weighted by Gasteiger charge is -2.29. The third-order valence-corrected chi connectivity index (χ3v) is 6.81. The number of nitrogen functional groups attached to an aromatic ring is 1. The van der Waals surface area contributed by atoms with E-state index in [0.717, 1.165) is 5.56 Å². The zero-order valence-corrected chi connectivity index (χ0v) is 23.3. The minimum absolute atomic E-state index is 0.0719. The largest absolute Gasteiger partial charge is 0.467 e. The zero-order chi connectivity index (χ0) is 27.8. The summed E-state index contributed by atoms with van der Waals surface area (Å²) in [4.78, 5) is 41.0. The molecule has 3 heterocycles. The molecule has 3 N–H and O–H groups in total. The Kier molecular flexibility index (Phi) is 7.77. The fraction of sp³-hybridized carbons (Fsp3) is 0.480. The van der Waals surface area contributed by atoms with Gasteiger partial charge in [-0.2, -0.15) is 0 Å². The van der Waals surface area contributed by atoms with Crippen molar-refractivity contribution in [3.05, 3.63) is 51.0 Å². The normalized spacial score (nSPS) is 22.0. The van der Waals surface area contributed by atoms with Crippen molar-refractivity contribution in [2.24, 2.45) is 5.16 Å². The number of carbonyl (C=O) groups excluding carboxylic acids is 2. The molecule has 13 heteroatoms. The standard InChI is InChI=1S/C25H30BrFN6O5/c1-12-20-18(31-23(28)29-12)10-17(15-7-6-13(27)8-16(15)26)30-21(20)32-38-14-9-19(22(34)36-5)33(11-14)24(35)37-25(2,3)4/h6-8,14,17,19H,9-11H2,1-5H3,(H,30,32)(H2,28,29,31)/t14-,17-,19+/m1/s1. The Morgan fingerprint density at radius 1 is 1.29 bits per heavy atom. The number of likely N-dealkylation sites (tertiary alicyclic amines) is 1. The average molecular weight is 593 g/mol. The number of esters is 1. The van der Waals surface area contributed by atoms with Crippen LogP contribution in [0.2, 0.25) is 0 Å². The van der Waals surface area contributed by atoms with Crippen molar-refractivity contribution in [1.82, 2.24) is 20.2 Å². The third kappa shape index (κ3) is 5.98. The van der Waals surface area contributed by atoms with E-state index in [4.69, 9.17) is 20.0 Å². The number of amides is 1. The molecule has 1 saturated heterocycles. The van der Waals surface area contributed by atoms with Gasteiger partial charge in [-0.25, -0.2) is 23.9 Å². The van der Waals surface area contributed by atoms with Crippen molar-refractivity contribution in [1.29, 1.82) is 0 Å². The highest BCUT2D eigenvalue weighted by atomic mass is 79.9. The molecule has 2 aromatic rings. The Balaban J connectivity index is 1.62. The molecule has 0 aliphatic carbocycles. The van der Waals surface area contributed by atoms with Crippen molar-refractivity contribution in [2.45, 2.75) is 64.3 Å². The number of methoxy groups -OCH3 is 1. The van der Waals surface area contributed by atoms with Gasteiger partial charge in [0.25, 0.3) is 0 Å². The molecule has 0 unspecified atom stereocenters. The third-order valence-electron chi connectivity index (χ3n) is 6.12. The first-order valence-corrected chi connectivity index (χ1v) is 12.8. The highest BCUT2D eigenvalue weighted by Crippen LogP contribution is 2.32. The summed E-state index contributed by atoms with van der Waals surface area (Å²) < 4.78 is 24.7. The monoisotopic (exact) mass is 592 g/mol. The summed E-state index contributed by atoms with van der Waals surface area (Å²) in [6, 6.07) is 3.24. The van der Waals surface area contributed by atoms with Crippen LogP contribution in [0.4, 0.5) is 15.1 Å². The van der Waals surface area contributed by atoms with E-state index >= 15 is 0 Å². The number of carbonyl (C=O) groups is 2. The first-order valence-electron chi connectivity index (χ1n) is 12.0. The maximum atomic E-state index is 13.7. The van der Waals surface area contributed by atoms with Gasteiger partial charge < -0.3 is 25.4 Å². The van der Waals surface area contributed by atoms with E-state index in [2.05, 4.69) is 36.4 Å². The van der Waals surface area contributed by atoms with Crippen LogP contribution in [0, 0.1) is 12.7 Å². The van der Waals surface area contributed by atoms with Gasteiger partial charge in [0.05, 0.1) is 36.6 Å². The zero-order valence-electron chi connectivity index (χ0n) is 21.7. The van der Waals surface area contributed by atoms with Gasteiger partial charge >= 0.3 is 12.1 Å². The van der Waals surface area contributed by atoms with Crippen LogP contribution in [-0.4, -0.2) is 64.2 Å². The van der Waals surface area contributed by atoms with Crippen molar-refractivity contribution in [3.8, 4) is 0 Å². The van der Waals surface area contributed by atoms with Crippen LogP contribution in [-0.2, 0) is 25.5 Å². The van der Waals surface area contributed by atoms with Crippen LogP contribution in [0.1, 0.15) is 55.7 Å². The Labute approximate surface area is 228 Å². The lowest BCUT2D eigenvalue weighted by Crippen LogP contribution is -2.44. The molecule has 2 aliphatic rings. The summed E-state index contributed by atoms with van der Waals surface area (Å²) in [5, 5.41) is 7.71. The van der Waals surface area contributed by atoms with E-state index in [1.54, 1.807) is 33.8 Å². The number of amidine groups is 1. The van der Waals surface area contributed by atoms with E-state index in [9.17, 15) is 14.0 Å². The molecule has 2 aliphatic heterocycles. The molecule has 1 fully saturated rings. The lowest BCUT2D eigenvalue weighted by atomic mass is 9.94. The molecule has 0 bridgehead atoms. The van der Waals surface area contributed by atoms with Gasteiger partial charge in [0, 0.05) is 17.3 Å². The second kappa shape index (κ2) is 10.7. The molecule has 3 atom stereocenters. The van der Waals surface area contributed by atoms with Gasteiger partial charge in [-0.05, 0) is 45.4 Å². The number of oxime groups is 1. The van der Waals surface area contributed by atoms with Crippen molar-refractivity contribution in [2.75, 3.05) is 19.4 Å². The van der Waals surface area contributed by atoms with Crippen LogP contribution in [0.15, 0.2) is 27.8 Å². The predicted molar refractivity (Wildman–Crippen MR) is 140 cm³/mol. The molecule has 38 heavy (non-hydrogen) atoms. The quantitative estimate of drug-likeness (QED) is 0.403. The molecule has 4 rings (SSSR count). The number of fused-ring (bicyclic) bond motifs is 1. The van der Waals surface area contributed by atoms with Crippen LogP contribution in [0.3, 0.4) is 0 Å². The summed E-state index contributed by atoms with van der Waals surface area (Å²) in [6.07, 6.45) is -0.641. The first kappa shape index (κ1) is 27.6. The average Bonchev–Trinajstić information content (AvgIpc) is 3.25.